The molecule has 3 aromatic heterocycles. The van der Waals surface area contributed by atoms with Crippen LogP contribution in [0.3, 0.4) is 0 Å². The van der Waals surface area contributed by atoms with Crippen molar-refractivity contribution in [3.63, 3.8) is 0 Å². The molecule has 0 unspecified atom stereocenters. The molecule has 1 aromatic carbocycles. The highest BCUT2D eigenvalue weighted by atomic mass is 19.1. The van der Waals surface area contributed by atoms with Crippen LogP contribution in [0.1, 0.15) is 30.6 Å². The van der Waals surface area contributed by atoms with Crippen LogP contribution >= 0.6 is 0 Å². The number of hydrogen-bond donors (Lipinski definition) is 1. The summed E-state index contributed by atoms with van der Waals surface area (Å²) in [6, 6.07) is 8.28. The molecule has 1 atom stereocenters. The number of imidazole rings is 1. The van der Waals surface area contributed by atoms with Gasteiger partial charge in [0.05, 0.1) is 29.9 Å². The third-order valence-electron chi connectivity index (χ3n) is 4.69. The molecule has 1 saturated heterocycles. The van der Waals surface area contributed by atoms with E-state index in [4.69, 9.17) is 8.94 Å². The fraction of sp³-hybridized carbons (Fsp3) is 0.278. The van der Waals surface area contributed by atoms with Gasteiger partial charge in [0.2, 0.25) is 11.7 Å². The van der Waals surface area contributed by atoms with Gasteiger partial charge < -0.3 is 13.9 Å². The zero-order chi connectivity index (χ0) is 17.5. The van der Waals surface area contributed by atoms with Gasteiger partial charge in [0.1, 0.15) is 11.6 Å². The van der Waals surface area contributed by atoms with Crippen LogP contribution in [0.4, 0.5) is 4.39 Å². The lowest BCUT2D eigenvalue weighted by Gasteiger charge is -2.20. The predicted octanol–water partition coefficient (Wildman–Crippen LogP) is 3.68. The maximum absolute atomic E-state index is 13.4. The Bertz CT molecular complexity index is 1040. The van der Waals surface area contributed by atoms with E-state index in [2.05, 4.69) is 25.0 Å². The summed E-state index contributed by atoms with van der Waals surface area (Å²) in [5.41, 5.74) is 1.48. The molecular formula is C18H16FN5O2. The second kappa shape index (κ2) is 6.06. The Kier molecular flexibility index (Phi) is 3.56. The first-order valence-electron chi connectivity index (χ1n) is 8.52. The molecule has 0 amide bonds. The van der Waals surface area contributed by atoms with Gasteiger partial charge in [0, 0.05) is 0 Å². The normalized spacial score (nSPS) is 18.1. The Labute approximate surface area is 147 Å². The fourth-order valence-electron chi connectivity index (χ4n) is 3.48. The molecule has 0 radical (unpaired) electrons. The number of nitrogens with one attached hydrogen (secondary N) is 1. The molecule has 26 heavy (non-hydrogen) atoms. The molecule has 4 aromatic rings. The Morgan fingerprint density at radius 3 is 3.12 bits per heavy atom. The van der Waals surface area contributed by atoms with Gasteiger partial charge in [-0.05, 0) is 49.7 Å². The fourth-order valence-corrected chi connectivity index (χ4v) is 3.48. The molecule has 7 nitrogen and oxygen atoms in total. The minimum Gasteiger partial charge on any atom is -0.461 e. The number of aromatic nitrogens is 4. The maximum Gasteiger partial charge on any atom is 0.241 e. The molecule has 5 rings (SSSR count). The van der Waals surface area contributed by atoms with Crippen molar-refractivity contribution >= 4 is 11.0 Å². The van der Waals surface area contributed by atoms with Crippen molar-refractivity contribution in [3.05, 3.63) is 54.1 Å². The molecule has 1 aliphatic heterocycles. The third-order valence-corrected chi connectivity index (χ3v) is 4.69. The maximum atomic E-state index is 13.4. The summed E-state index contributed by atoms with van der Waals surface area (Å²) in [4.78, 5) is 14.5. The van der Waals surface area contributed by atoms with E-state index in [-0.39, 0.29) is 11.9 Å². The number of likely N-dealkylation sites (tertiary alicyclic amines) is 1. The minimum atomic E-state index is -0.271. The first-order chi connectivity index (χ1) is 12.8. The Morgan fingerprint density at radius 1 is 1.27 bits per heavy atom. The number of fused-ring (bicyclic) bond motifs is 1. The summed E-state index contributed by atoms with van der Waals surface area (Å²) in [6.45, 7) is 1.44. The molecule has 0 aliphatic carbocycles. The summed E-state index contributed by atoms with van der Waals surface area (Å²) < 4.78 is 24.1. The average Bonchev–Trinajstić information content (AvgIpc) is 3.41. The van der Waals surface area contributed by atoms with Crippen LogP contribution in [0.15, 0.2) is 45.5 Å². The summed E-state index contributed by atoms with van der Waals surface area (Å²) in [7, 11) is 0. The molecule has 132 valence electrons. The number of nitrogens with zero attached hydrogens (tertiary/aromatic N) is 4. The van der Waals surface area contributed by atoms with Crippen molar-refractivity contribution in [2.24, 2.45) is 0 Å². The van der Waals surface area contributed by atoms with Gasteiger partial charge in [-0.25, -0.2) is 9.37 Å². The van der Waals surface area contributed by atoms with Crippen LogP contribution in [0.5, 0.6) is 0 Å². The molecule has 4 heterocycles. The van der Waals surface area contributed by atoms with E-state index in [0.29, 0.717) is 29.5 Å². The van der Waals surface area contributed by atoms with E-state index in [9.17, 15) is 4.39 Å². The van der Waals surface area contributed by atoms with E-state index in [1.54, 1.807) is 24.5 Å². The number of halogens is 1. The summed E-state index contributed by atoms with van der Waals surface area (Å²) in [6.07, 6.45) is 3.60. The lowest BCUT2D eigenvalue weighted by Crippen LogP contribution is -2.23. The molecule has 1 N–H and O–H groups in total. The number of aromatic amines is 1. The lowest BCUT2D eigenvalue weighted by atomic mass is 10.2. The van der Waals surface area contributed by atoms with E-state index >= 15 is 0 Å². The summed E-state index contributed by atoms with van der Waals surface area (Å²) >= 11 is 0. The van der Waals surface area contributed by atoms with Gasteiger partial charge in [0.25, 0.3) is 0 Å². The Morgan fingerprint density at radius 2 is 2.23 bits per heavy atom. The van der Waals surface area contributed by atoms with Crippen molar-refractivity contribution in [2.45, 2.75) is 25.4 Å². The largest absolute Gasteiger partial charge is 0.461 e. The van der Waals surface area contributed by atoms with Gasteiger partial charge in [-0.15, -0.1) is 0 Å². The van der Waals surface area contributed by atoms with Crippen LogP contribution in [-0.2, 0) is 6.54 Å². The van der Waals surface area contributed by atoms with Crippen molar-refractivity contribution in [1.82, 2.24) is 25.0 Å². The topological polar surface area (TPSA) is 84.0 Å². The smallest absolute Gasteiger partial charge is 0.241 e. The van der Waals surface area contributed by atoms with Crippen LogP contribution in [0.25, 0.3) is 22.6 Å². The van der Waals surface area contributed by atoms with E-state index < -0.39 is 0 Å². The quantitative estimate of drug-likeness (QED) is 0.602. The van der Waals surface area contributed by atoms with Crippen molar-refractivity contribution in [1.29, 1.82) is 0 Å². The standard InChI is InChI=1S/C18H16FN5O2/c19-11-5-6-12-13(9-11)21-17(20-12)14-3-1-7-24(14)10-16-22-18(23-26-16)15-4-2-8-25-15/h2,4-6,8-9,14H,1,3,7,10H2,(H,20,21)/t14-/m0/s1. The second-order valence-electron chi connectivity index (χ2n) is 6.40. The van der Waals surface area contributed by atoms with Gasteiger partial charge in [-0.3, -0.25) is 4.90 Å². The average molecular weight is 353 g/mol. The number of rotatable bonds is 4. The van der Waals surface area contributed by atoms with Gasteiger partial charge in [0.15, 0.2) is 5.76 Å². The zero-order valence-corrected chi connectivity index (χ0v) is 13.9. The van der Waals surface area contributed by atoms with Crippen molar-refractivity contribution in [2.75, 3.05) is 6.54 Å². The number of benzene rings is 1. The van der Waals surface area contributed by atoms with E-state index in [1.807, 2.05) is 0 Å². The molecule has 1 aliphatic rings. The molecule has 0 spiro atoms. The number of furan rings is 1. The number of hydrogen-bond acceptors (Lipinski definition) is 6. The van der Waals surface area contributed by atoms with Gasteiger partial charge in [-0.1, -0.05) is 5.16 Å². The highest BCUT2D eigenvalue weighted by molar-refractivity contribution is 5.75. The SMILES string of the molecule is Fc1ccc2nc([C@@H]3CCCN3Cc3nc(-c4ccco4)no3)[nH]c2c1. The van der Waals surface area contributed by atoms with Crippen LogP contribution < -0.4 is 0 Å². The first kappa shape index (κ1) is 15.3. The molecule has 8 heteroatoms. The van der Waals surface area contributed by atoms with Crippen molar-refractivity contribution < 1.29 is 13.3 Å². The highest BCUT2D eigenvalue weighted by Crippen LogP contribution is 2.32. The van der Waals surface area contributed by atoms with Crippen LogP contribution in [0, 0.1) is 5.82 Å². The minimum absolute atomic E-state index is 0.115. The Balaban J connectivity index is 1.38. The van der Waals surface area contributed by atoms with Crippen LogP contribution in [-0.4, -0.2) is 31.6 Å². The van der Waals surface area contributed by atoms with Gasteiger partial charge >= 0.3 is 0 Å². The predicted molar refractivity (Wildman–Crippen MR) is 90.4 cm³/mol. The monoisotopic (exact) mass is 353 g/mol. The number of H-pyrrole nitrogens is 1. The molecular weight excluding hydrogens is 337 g/mol. The summed E-state index contributed by atoms with van der Waals surface area (Å²) in [5, 5.41) is 3.97. The summed E-state index contributed by atoms with van der Waals surface area (Å²) in [5.74, 6) is 2.13. The van der Waals surface area contributed by atoms with Crippen molar-refractivity contribution in [3.8, 4) is 11.6 Å². The first-order valence-corrected chi connectivity index (χ1v) is 8.52. The van der Waals surface area contributed by atoms with E-state index in [1.165, 1.54) is 12.1 Å². The Hall–Kier alpha value is -3.00. The second-order valence-corrected chi connectivity index (χ2v) is 6.40. The molecule has 1 fully saturated rings. The zero-order valence-electron chi connectivity index (χ0n) is 13.9. The van der Waals surface area contributed by atoms with Gasteiger partial charge in [-0.2, -0.15) is 4.98 Å². The lowest BCUT2D eigenvalue weighted by molar-refractivity contribution is 0.207. The van der Waals surface area contributed by atoms with Crippen LogP contribution in [0.2, 0.25) is 0 Å². The highest BCUT2D eigenvalue weighted by Gasteiger charge is 2.30. The molecule has 0 saturated carbocycles. The van der Waals surface area contributed by atoms with E-state index in [0.717, 1.165) is 30.7 Å². The third kappa shape index (κ3) is 2.68. The molecule has 0 bridgehead atoms.